The summed E-state index contributed by atoms with van der Waals surface area (Å²) in [6, 6.07) is 37.8. The largest absolute Gasteiger partial charge is 0.456 e. The van der Waals surface area contributed by atoms with Gasteiger partial charge in [0, 0.05) is 27.5 Å². The Morgan fingerprint density at radius 2 is 1.26 bits per heavy atom. The summed E-state index contributed by atoms with van der Waals surface area (Å²) in [6.45, 7) is 6.01. The van der Waals surface area contributed by atoms with Gasteiger partial charge < -0.3 is 4.42 Å². The lowest BCUT2D eigenvalue weighted by atomic mass is 9.93. The lowest BCUT2D eigenvalue weighted by Crippen LogP contribution is -2.03. The zero-order valence-electron chi connectivity index (χ0n) is 23.0. The molecule has 0 saturated heterocycles. The van der Waals surface area contributed by atoms with Crippen molar-refractivity contribution in [2.45, 2.75) is 6.92 Å². The van der Waals surface area contributed by atoms with Gasteiger partial charge in [-0.05, 0) is 57.4 Å². The van der Waals surface area contributed by atoms with E-state index in [4.69, 9.17) is 19.4 Å². The Hall–Kier alpha value is -5.61. The van der Waals surface area contributed by atoms with Crippen molar-refractivity contribution in [2.75, 3.05) is 0 Å². The Morgan fingerprint density at radius 3 is 2.07 bits per heavy atom. The van der Waals surface area contributed by atoms with Crippen LogP contribution >= 0.6 is 0 Å². The maximum atomic E-state index is 6.20. The summed E-state index contributed by atoms with van der Waals surface area (Å²) in [5.74, 6) is 1.79. The van der Waals surface area contributed by atoms with Crippen LogP contribution in [-0.4, -0.2) is 15.0 Å². The van der Waals surface area contributed by atoms with Gasteiger partial charge in [-0.25, -0.2) is 15.0 Å². The normalized spacial score (nSPS) is 12.2. The summed E-state index contributed by atoms with van der Waals surface area (Å²) < 4.78 is 6.20. The summed E-state index contributed by atoms with van der Waals surface area (Å²) >= 11 is 0. The van der Waals surface area contributed by atoms with Crippen LogP contribution in [-0.2, 0) is 0 Å². The lowest BCUT2D eigenvalue weighted by molar-refractivity contribution is 0.669. The molecule has 2 aromatic heterocycles. The van der Waals surface area contributed by atoms with Gasteiger partial charge in [-0.1, -0.05) is 110 Å². The summed E-state index contributed by atoms with van der Waals surface area (Å²) in [4.78, 5) is 15.2. The molecule has 0 bridgehead atoms. The molecule has 0 fully saturated rings. The van der Waals surface area contributed by atoms with Crippen molar-refractivity contribution < 1.29 is 4.42 Å². The van der Waals surface area contributed by atoms with Crippen LogP contribution in [0.25, 0.3) is 82.6 Å². The second-order valence-corrected chi connectivity index (χ2v) is 10.4. The fourth-order valence-electron chi connectivity index (χ4n) is 6.09. The van der Waals surface area contributed by atoms with Crippen LogP contribution in [0, 0.1) is 0 Å². The van der Waals surface area contributed by atoms with Crippen molar-refractivity contribution >= 4 is 59.8 Å². The molecule has 0 amide bonds. The Bertz CT molecular complexity index is 2400. The maximum absolute atomic E-state index is 6.20. The van der Waals surface area contributed by atoms with E-state index >= 15 is 0 Å². The van der Waals surface area contributed by atoms with E-state index in [1.807, 2.05) is 43.3 Å². The molecule has 8 rings (SSSR count). The third kappa shape index (κ3) is 3.66. The highest BCUT2D eigenvalue weighted by molar-refractivity contribution is 6.20. The molecule has 8 aromatic rings. The number of allylic oxidation sites excluding steroid dienone is 3. The van der Waals surface area contributed by atoms with Crippen LogP contribution in [0.2, 0.25) is 0 Å². The fraction of sp³-hybridized carbons (Fsp3) is 0.0263. The van der Waals surface area contributed by atoms with E-state index in [1.54, 1.807) is 6.08 Å². The maximum Gasteiger partial charge on any atom is 0.164 e. The standard InChI is InChI=1S/C38H25N3O/c1-3-23(4-2)36-39-37(30-17-11-19-34-35(30)29-16-9-10-18-33(29)42-34)41-38(40-36)32-22-31-25-13-6-5-12-24(25)20-21-28(31)26-14-7-8-15-27(26)32/h3-22H,1H2,2H3/b23-4+. The first-order valence-electron chi connectivity index (χ1n) is 14.0. The van der Waals surface area contributed by atoms with Gasteiger partial charge >= 0.3 is 0 Å². The first-order valence-corrected chi connectivity index (χ1v) is 14.0. The molecule has 42 heavy (non-hydrogen) atoms. The monoisotopic (exact) mass is 539 g/mol. The van der Waals surface area contributed by atoms with Crippen molar-refractivity contribution in [2.24, 2.45) is 0 Å². The van der Waals surface area contributed by atoms with E-state index in [0.717, 1.165) is 49.4 Å². The molecule has 2 heterocycles. The Labute approximate surface area is 242 Å². The molecule has 0 aliphatic heterocycles. The van der Waals surface area contributed by atoms with Crippen LogP contribution in [0.15, 0.2) is 132 Å². The fourth-order valence-corrected chi connectivity index (χ4v) is 6.09. The smallest absolute Gasteiger partial charge is 0.164 e. The van der Waals surface area contributed by atoms with Gasteiger partial charge in [-0.3, -0.25) is 0 Å². The van der Waals surface area contributed by atoms with Crippen LogP contribution in [0.1, 0.15) is 12.7 Å². The van der Waals surface area contributed by atoms with Crippen LogP contribution in [0.5, 0.6) is 0 Å². The number of benzene rings is 6. The first-order chi connectivity index (χ1) is 20.7. The number of hydrogen-bond donors (Lipinski definition) is 0. The Morgan fingerprint density at radius 1 is 0.595 bits per heavy atom. The van der Waals surface area contributed by atoms with Crippen molar-refractivity contribution in [1.82, 2.24) is 15.0 Å². The molecule has 4 nitrogen and oxygen atoms in total. The van der Waals surface area contributed by atoms with Crippen LogP contribution < -0.4 is 0 Å². The van der Waals surface area contributed by atoms with Gasteiger partial charge in [0.15, 0.2) is 17.5 Å². The number of para-hydroxylation sites is 1. The minimum Gasteiger partial charge on any atom is -0.456 e. The number of aromatic nitrogens is 3. The van der Waals surface area contributed by atoms with Gasteiger partial charge in [0.2, 0.25) is 0 Å². The second kappa shape index (κ2) is 9.50. The molecule has 0 N–H and O–H groups in total. The average Bonchev–Trinajstić information content (AvgIpc) is 3.43. The third-order valence-corrected chi connectivity index (χ3v) is 8.08. The predicted octanol–water partition coefficient (Wildman–Crippen LogP) is 10.2. The Balaban J connectivity index is 1.49. The Kier molecular flexibility index (Phi) is 5.47. The van der Waals surface area contributed by atoms with Crippen LogP contribution in [0.3, 0.4) is 0 Å². The SMILES string of the molecule is C=C/C(=C\C)c1nc(-c2cc3c4ccccc4ccc3c3ccccc23)nc(-c2cccc3oc4ccccc4c23)n1. The van der Waals surface area contributed by atoms with Crippen molar-refractivity contribution in [3.63, 3.8) is 0 Å². The van der Waals surface area contributed by atoms with Gasteiger partial charge in [0.25, 0.3) is 0 Å². The molecule has 4 heteroatoms. The number of hydrogen-bond acceptors (Lipinski definition) is 4. The minimum atomic E-state index is 0.583. The lowest BCUT2D eigenvalue weighted by Gasteiger charge is -2.14. The summed E-state index contributed by atoms with van der Waals surface area (Å²) in [5, 5.41) is 9.06. The van der Waals surface area contributed by atoms with Crippen molar-refractivity contribution in [3.05, 3.63) is 134 Å². The zero-order valence-corrected chi connectivity index (χ0v) is 23.0. The highest BCUT2D eigenvalue weighted by atomic mass is 16.3. The molecule has 0 aliphatic rings. The topological polar surface area (TPSA) is 51.8 Å². The first kappa shape index (κ1) is 24.2. The number of nitrogens with zero attached hydrogens (tertiary/aromatic N) is 3. The van der Waals surface area contributed by atoms with Crippen molar-refractivity contribution in [3.8, 4) is 22.8 Å². The molecule has 0 radical (unpaired) electrons. The second-order valence-electron chi connectivity index (χ2n) is 10.4. The van der Waals surface area contributed by atoms with Crippen molar-refractivity contribution in [1.29, 1.82) is 0 Å². The molecular weight excluding hydrogens is 514 g/mol. The van der Waals surface area contributed by atoms with E-state index in [2.05, 4.69) is 85.4 Å². The highest BCUT2D eigenvalue weighted by Gasteiger charge is 2.19. The van der Waals surface area contributed by atoms with E-state index in [1.165, 1.54) is 21.5 Å². The van der Waals surface area contributed by atoms with Gasteiger partial charge in [0.1, 0.15) is 11.2 Å². The number of rotatable bonds is 4. The van der Waals surface area contributed by atoms with Gasteiger partial charge in [-0.2, -0.15) is 0 Å². The molecular formula is C38H25N3O. The quantitative estimate of drug-likeness (QED) is 0.165. The van der Waals surface area contributed by atoms with E-state index in [0.29, 0.717) is 17.5 Å². The van der Waals surface area contributed by atoms with Gasteiger partial charge in [0.05, 0.1) is 0 Å². The molecule has 0 spiro atoms. The molecule has 198 valence electrons. The highest BCUT2D eigenvalue weighted by Crippen LogP contribution is 2.39. The number of fused-ring (bicyclic) bond motifs is 8. The number of furan rings is 1. The predicted molar refractivity (Wildman–Crippen MR) is 174 cm³/mol. The molecule has 6 aromatic carbocycles. The van der Waals surface area contributed by atoms with E-state index in [9.17, 15) is 0 Å². The van der Waals surface area contributed by atoms with Crippen LogP contribution in [0.4, 0.5) is 0 Å². The van der Waals surface area contributed by atoms with E-state index in [-0.39, 0.29) is 0 Å². The molecule has 0 atom stereocenters. The molecule has 0 unspecified atom stereocenters. The third-order valence-electron chi connectivity index (χ3n) is 8.08. The summed E-state index contributed by atoms with van der Waals surface area (Å²) in [7, 11) is 0. The van der Waals surface area contributed by atoms with Gasteiger partial charge in [-0.15, -0.1) is 0 Å². The summed E-state index contributed by atoms with van der Waals surface area (Å²) in [5.41, 5.74) is 4.34. The zero-order chi connectivity index (χ0) is 28.2. The minimum absolute atomic E-state index is 0.583. The van der Waals surface area contributed by atoms with E-state index < -0.39 is 0 Å². The summed E-state index contributed by atoms with van der Waals surface area (Å²) in [6.07, 6.45) is 3.78. The molecule has 0 aliphatic carbocycles. The average molecular weight is 540 g/mol. The molecule has 0 saturated carbocycles.